The average Bonchev–Trinajstić information content (AvgIpc) is 2.31. The Morgan fingerprint density at radius 1 is 1.17 bits per heavy atom. The van der Waals surface area contributed by atoms with E-state index in [9.17, 15) is 0 Å². The van der Waals surface area contributed by atoms with Crippen LogP contribution in [0.5, 0.6) is 0 Å². The minimum absolute atomic E-state index is 0. The molecule has 0 saturated carbocycles. The zero-order chi connectivity index (χ0) is 7.84. The SMILES string of the molecule is CC1=Cc2c(C)cccc2C1.[Hf]. The Morgan fingerprint density at radius 2 is 1.92 bits per heavy atom. The van der Waals surface area contributed by atoms with Gasteiger partial charge in [0.05, 0.1) is 0 Å². The first-order valence-corrected chi connectivity index (χ1v) is 4.03. The third kappa shape index (κ3) is 1.61. The Kier molecular flexibility index (Phi) is 3.05. The summed E-state index contributed by atoms with van der Waals surface area (Å²) in [6, 6.07) is 6.53. The molecule has 1 heteroatoms. The number of aryl methyl sites for hydroxylation is 1. The fourth-order valence-corrected chi connectivity index (χ4v) is 1.70. The van der Waals surface area contributed by atoms with Crippen LogP contribution < -0.4 is 0 Å². The maximum atomic E-state index is 2.30. The van der Waals surface area contributed by atoms with Gasteiger partial charge in [0.25, 0.3) is 0 Å². The van der Waals surface area contributed by atoms with Crippen molar-refractivity contribution in [3.63, 3.8) is 0 Å². The molecule has 0 saturated heterocycles. The molecule has 0 N–H and O–H groups in total. The van der Waals surface area contributed by atoms with Crippen molar-refractivity contribution in [1.29, 1.82) is 0 Å². The number of allylic oxidation sites excluding steroid dienone is 1. The van der Waals surface area contributed by atoms with Crippen molar-refractivity contribution in [2.45, 2.75) is 20.3 Å². The molecule has 1 aromatic rings. The molecular weight excluding hydrogens is 311 g/mol. The molecular formula is C11H12Hf. The van der Waals surface area contributed by atoms with Crippen LogP contribution in [0.1, 0.15) is 23.6 Å². The van der Waals surface area contributed by atoms with Gasteiger partial charge in [0, 0.05) is 25.8 Å². The number of hydrogen-bond acceptors (Lipinski definition) is 0. The van der Waals surface area contributed by atoms with E-state index in [1.807, 2.05) is 0 Å². The number of fused-ring (bicyclic) bond motifs is 1. The average molecular weight is 323 g/mol. The zero-order valence-electron chi connectivity index (χ0n) is 7.52. The van der Waals surface area contributed by atoms with E-state index in [2.05, 4.69) is 38.1 Å². The van der Waals surface area contributed by atoms with E-state index in [0.717, 1.165) is 6.42 Å². The molecule has 0 aromatic heterocycles. The topological polar surface area (TPSA) is 0 Å². The monoisotopic (exact) mass is 324 g/mol. The molecule has 0 aliphatic heterocycles. The summed E-state index contributed by atoms with van der Waals surface area (Å²) < 4.78 is 0. The second kappa shape index (κ2) is 3.69. The molecule has 0 radical (unpaired) electrons. The standard InChI is InChI=1S/C11H12.Hf/c1-8-6-10-5-3-4-9(2)11(10)7-8;/h3-5,7H,6H2,1-2H3;. The molecule has 1 aliphatic carbocycles. The van der Waals surface area contributed by atoms with Crippen LogP contribution in [0.15, 0.2) is 23.8 Å². The van der Waals surface area contributed by atoms with Crippen LogP contribution in [-0.4, -0.2) is 0 Å². The Morgan fingerprint density at radius 3 is 2.58 bits per heavy atom. The van der Waals surface area contributed by atoms with Crippen molar-refractivity contribution in [3.8, 4) is 0 Å². The van der Waals surface area contributed by atoms with Gasteiger partial charge in [0.2, 0.25) is 0 Å². The van der Waals surface area contributed by atoms with Gasteiger partial charge in [-0.25, -0.2) is 0 Å². The van der Waals surface area contributed by atoms with Crippen molar-refractivity contribution >= 4 is 6.08 Å². The Balaban J connectivity index is 0.000000720. The van der Waals surface area contributed by atoms with Gasteiger partial charge < -0.3 is 0 Å². The van der Waals surface area contributed by atoms with Crippen molar-refractivity contribution in [1.82, 2.24) is 0 Å². The summed E-state index contributed by atoms with van der Waals surface area (Å²) in [5.74, 6) is 0. The van der Waals surface area contributed by atoms with Crippen molar-refractivity contribution < 1.29 is 25.8 Å². The molecule has 0 spiro atoms. The van der Waals surface area contributed by atoms with Crippen molar-refractivity contribution in [2.24, 2.45) is 0 Å². The number of rotatable bonds is 0. The normalized spacial score (nSPS) is 13.3. The molecule has 0 bridgehead atoms. The van der Waals surface area contributed by atoms with Crippen molar-refractivity contribution in [3.05, 3.63) is 40.5 Å². The van der Waals surface area contributed by atoms with Crippen LogP contribution in [-0.2, 0) is 32.3 Å². The first-order valence-electron chi connectivity index (χ1n) is 4.03. The molecule has 1 aliphatic rings. The van der Waals surface area contributed by atoms with Crippen molar-refractivity contribution in [2.75, 3.05) is 0 Å². The smallest absolute Gasteiger partial charge is 0 e. The molecule has 60 valence electrons. The molecule has 0 nitrogen and oxygen atoms in total. The maximum absolute atomic E-state index is 2.30. The fraction of sp³-hybridized carbons (Fsp3) is 0.273. The van der Waals surface area contributed by atoms with E-state index < -0.39 is 0 Å². The van der Waals surface area contributed by atoms with Gasteiger partial charge in [-0.3, -0.25) is 0 Å². The Hall–Kier alpha value is -0.170. The molecule has 2 rings (SSSR count). The maximum Gasteiger partial charge on any atom is 0 e. The molecule has 1 aromatic carbocycles. The van der Waals surface area contributed by atoms with E-state index >= 15 is 0 Å². The molecule has 0 amide bonds. The summed E-state index contributed by atoms with van der Waals surface area (Å²) in [7, 11) is 0. The minimum Gasteiger partial charge on any atom is -0.0683 e. The Labute approximate surface area is 92.5 Å². The molecule has 0 fully saturated rings. The Bertz CT molecular complexity index is 324. The largest absolute Gasteiger partial charge is 0.0683 e. The second-order valence-electron chi connectivity index (χ2n) is 3.32. The van der Waals surface area contributed by atoms with Gasteiger partial charge in [-0.05, 0) is 37.0 Å². The van der Waals surface area contributed by atoms with E-state index in [1.54, 1.807) is 0 Å². The van der Waals surface area contributed by atoms with Crippen LogP contribution in [0.2, 0.25) is 0 Å². The number of hydrogen-bond donors (Lipinski definition) is 0. The van der Waals surface area contributed by atoms with Gasteiger partial charge in [-0.2, -0.15) is 0 Å². The predicted molar refractivity (Wildman–Crippen MR) is 48.5 cm³/mol. The van der Waals surface area contributed by atoms with Gasteiger partial charge in [-0.1, -0.05) is 29.8 Å². The summed E-state index contributed by atoms with van der Waals surface area (Å²) in [6.07, 6.45) is 3.45. The van der Waals surface area contributed by atoms with E-state index in [0.29, 0.717) is 0 Å². The second-order valence-corrected chi connectivity index (χ2v) is 3.32. The van der Waals surface area contributed by atoms with Crippen LogP contribution in [0.25, 0.3) is 6.08 Å². The van der Waals surface area contributed by atoms with E-state index in [4.69, 9.17) is 0 Å². The molecule has 0 unspecified atom stereocenters. The molecule has 12 heavy (non-hydrogen) atoms. The first-order chi connectivity index (χ1) is 5.27. The molecule has 0 atom stereocenters. The van der Waals surface area contributed by atoms with E-state index in [1.165, 1.54) is 22.3 Å². The van der Waals surface area contributed by atoms with Gasteiger partial charge in [0.1, 0.15) is 0 Å². The zero-order valence-corrected chi connectivity index (χ0v) is 11.1. The third-order valence-electron chi connectivity index (χ3n) is 2.27. The summed E-state index contributed by atoms with van der Waals surface area (Å²) in [6.45, 7) is 4.37. The summed E-state index contributed by atoms with van der Waals surface area (Å²) in [4.78, 5) is 0. The quantitative estimate of drug-likeness (QED) is 0.644. The summed E-state index contributed by atoms with van der Waals surface area (Å²) >= 11 is 0. The van der Waals surface area contributed by atoms with E-state index in [-0.39, 0.29) is 25.8 Å². The fourth-order valence-electron chi connectivity index (χ4n) is 1.70. The van der Waals surface area contributed by atoms with Crippen LogP contribution in [0.4, 0.5) is 0 Å². The number of benzene rings is 1. The first kappa shape index (κ1) is 9.91. The third-order valence-corrected chi connectivity index (χ3v) is 2.27. The summed E-state index contributed by atoms with van der Waals surface area (Å²) in [5, 5.41) is 0. The minimum atomic E-state index is 0. The van der Waals surface area contributed by atoms with Crippen LogP contribution in [0, 0.1) is 6.92 Å². The molecule has 0 heterocycles. The van der Waals surface area contributed by atoms with Gasteiger partial charge in [-0.15, -0.1) is 0 Å². The summed E-state index contributed by atoms with van der Waals surface area (Å²) in [5.41, 5.74) is 5.82. The van der Waals surface area contributed by atoms with Crippen LogP contribution in [0.3, 0.4) is 0 Å². The predicted octanol–water partition coefficient (Wildman–Crippen LogP) is 2.95. The van der Waals surface area contributed by atoms with Crippen LogP contribution >= 0.6 is 0 Å². The van der Waals surface area contributed by atoms with Gasteiger partial charge in [0.15, 0.2) is 0 Å². The van der Waals surface area contributed by atoms with Gasteiger partial charge >= 0.3 is 0 Å².